The van der Waals surface area contributed by atoms with Gasteiger partial charge in [0.15, 0.2) is 0 Å². The average Bonchev–Trinajstić information content (AvgIpc) is 3.47. The van der Waals surface area contributed by atoms with Gasteiger partial charge in [-0.3, -0.25) is 13.8 Å². The Balaban J connectivity index is 1.70. The van der Waals surface area contributed by atoms with E-state index in [0.29, 0.717) is 25.8 Å². The number of allylic oxidation sites excluding steroid dienone is 2. The topological polar surface area (TPSA) is 130 Å². The summed E-state index contributed by atoms with van der Waals surface area (Å²) in [6.45, 7) is 1.78. The molecule has 2 radical (unpaired) electrons. The number of unbranched alkanes of at least 4 members (excludes halogenated alkanes) is 2. The Kier molecular flexibility index (Phi) is 22.7. The van der Waals surface area contributed by atoms with Crippen molar-refractivity contribution in [2.45, 2.75) is 57.4 Å². The fourth-order valence-corrected chi connectivity index (χ4v) is 4.84. The molecule has 272 valence electrons. The van der Waals surface area contributed by atoms with Crippen LogP contribution in [0.25, 0.3) is 0 Å². The van der Waals surface area contributed by atoms with Gasteiger partial charge in [0.25, 0.3) is 5.91 Å². The number of amides is 1. The van der Waals surface area contributed by atoms with Crippen molar-refractivity contribution < 1.29 is 42.3 Å². The summed E-state index contributed by atoms with van der Waals surface area (Å²) in [4.78, 5) is 34.0. The minimum atomic E-state index is -4.43. The Morgan fingerprint density at radius 1 is 0.836 bits per heavy atom. The first kappa shape index (κ1) is 44.6. The molecule has 55 heavy (non-hydrogen) atoms. The van der Waals surface area contributed by atoms with Crippen LogP contribution in [0.2, 0.25) is 0 Å². The lowest BCUT2D eigenvalue weighted by Gasteiger charge is -2.24. The number of nitrogens with one attached hydrogen (secondary N) is 1. The molecule has 1 aliphatic rings. The molecule has 1 fully saturated rings. The van der Waals surface area contributed by atoms with Crippen molar-refractivity contribution in [2.24, 2.45) is 5.92 Å². The molecule has 10 nitrogen and oxygen atoms in total. The summed E-state index contributed by atoms with van der Waals surface area (Å²) in [7, 11) is 2.78. The number of ether oxygens (including phenoxy) is 3. The first-order valence-electron chi connectivity index (χ1n) is 16.4. The Hall–Kier alpha value is -6.57. The lowest BCUT2D eigenvalue weighted by atomic mass is 9.82. The van der Waals surface area contributed by atoms with E-state index in [1.165, 1.54) is 0 Å². The van der Waals surface area contributed by atoms with Crippen molar-refractivity contribution >= 4 is 27.7 Å². The SMILES string of the molecule is [B][C@@H]1O[C@H](COC(=O)OCc2ccccc2)C(OP(=O)(O)OC)[C@@H]1C/C=C/CCCCNC(=O)C#CC#CC#CC#CC#CC#CC#CC#CC#CC#CC. The number of hydrogen-bond donors (Lipinski definition) is 2. The second-order valence-electron chi connectivity index (χ2n) is 10.4. The van der Waals surface area contributed by atoms with Crippen LogP contribution < -0.4 is 5.32 Å². The van der Waals surface area contributed by atoms with Crippen LogP contribution in [-0.2, 0) is 39.2 Å². The number of carbonyl (C=O) groups excluding carboxylic acids is 2. The fraction of sp³-hybridized carbons (Fsp3) is 0.302. The van der Waals surface area contributed by atoms with Gasteiger partial charge in [-0.2, -0.15) is 0 Å². The van der Waals surface area contributed by atoms with Crippen LogP contribution in [-0.4, -0.2) is 63.3 Å². The highest BCUT2D eigenvalue weighted by atomic mass is 31.2. The zero-order valence-electron chi connectivity index (χ0n) is 30.0. The summed E-state index contributed by atoms with van der Waals surface area (Å²) in [5.41, 5.74) is 0.776. The molecule has 0 aromatic heterocycles. The highest BCUT2D eigenvalue weighted by molar-refractivity contribution is 7.47. The molecular weight excluding hydrogens is 716 g/mol. The maximum absolute atomic E-state index is 12.3. The van der Waals surface area contributed by atoms with E-state index < -0.39 is 44.0 Å². The number of carbonyl (C=O) groups is 2. The second kappa shape index (κ2) is 28.0. The number of hydrogen-bond acceptors (Lipinski definition) is 8. The molecule has 0 bridgehead atoms. The molecule has 1 amide bonds. The van der Waals surface area contributed by atoms with Gasteiger partial charge in [-0.15, -0.1) is 0 Å². The van der Waals surface area contributed by atoms with Crippen molar-refractivity contribution in [1.29, 1.82) is 0 Å². The summed E-state index contributed by atoms with van der Waals surface area (Å²) in [6.07, 6.45) is 3.37. The van der Waals surface area contributed by atoms with Gasteiger partial charge in [-0.25, -0.2) is 9.36 Å². The fourth-order valence-electron chi connectivity index (χ4n) is 4.15. The second-order valence-corrected chi connectivity index (χ2v) is 12.0. The first-order valence-corrected chi connectivity index (χ1v) is 17.9. The predicted molar refractivity (Wildman–Crippen MR) is 206 cm³/mol. The van der Waals surface area contributed by atoms with E-state index in [4.69, 9.17) is 26.6 Å². The van der Waals surface area contributed by atoms with E-state index in [0.717, 1.165) is 19.1 Å². The van der Waals surface area contributed by atoms with Gasteiger partial charge in [0.1, 0.15) is 33.3 Å². The average molecular weight is 750 g/mol. The summed E-state index contributed by atoms with van der Waals surface area (Å²) in [5.74, 6) is 48.8. The molecule has 1 aromatic carbocycles. The largest absolute Gasteiger partial charge is 0.508 e. The van der Waals surface area contributed by atoms with Crippen LogP contribution in [0.15, 0.2) is 42.5 Å². The van der Waals surface area contributed by atoms with Crippen molar-refractivity contribution in [2.75, 3.05) is 20.3 Å². The molecule has 2 N–H and O–H groups in total. The molecule has 2 unspecified atom stereocenters. The van der Waals surface area contributed by atoms with Gasteiger partial charge in [0.2, 0.25) is 0 Å². The molecule has 1 heterocycles. The third kappa shape index (κ3) is 21.5. The minimum absolute atomic E-state index is 0.0108. The van der Waals surface area contributed by atoms with Gasteiger partial charge < -0.3 is 24.4 Å². The van der Waals surface area contributed by atoms with Gasteiger partial charge in [0.05, 0.1) is 0 Å². The lowest BCUT2D eigenvalue weighted by Crippen LogP contribution is -2.34. The third-order valence-corrected chi connectivity index (χ3v) is 7.59. The molecule has 5 atom stereocenters. The molecule has 1 saturated heterocycles. The number of benzene rings is 1. The Bertz CT molecular complexity index is 2220. The maximum Gasteiger partial charge on any atom is 0.508 e. The van der Waals surface area contributed by atoms with E-state index in [2.05, 4.69) is 128 Å². The van der Waals surface area contributed by atoms with Gasteiger partial charge >= 0.3 is 14.0 Å². The number of phosphoric acid groups is 1. The molecule has 0 aliphatic carbocycles. The van der Waals surface area contributed by atoms with Crippen molar-refractivity contribution in [3.63, 3.8) is 0 Å². The normalized spacial score (nSPS) is 16.5. The highest BCUT2D eigenvalue weighted by Gasteiger charge is 2.46. The van der Waals surface area contributed by atoms with Crippen LogP contribution in [0.3, 0.4) is 0 Å². The van der Waals surface area contributed by atoms with Crippen molar-refractivity contribution in [1.82, 2.24) is 5.32 Å². The third-order valence-electron chi connectivity index (χ3n) is 6.61. The zero-order valence-corrected chi connectivity index (χ0v) is 30.9. The Labute approximate surface area is 324 Å². The first-order chi connectivity index (χ1) is 26.8. The summed E-state index contributed by atoms with van der Waals surface area (Å²) in [5, 5.41) is 2.69. The number of rotatable bonds is 14. The molecule has 0 spiro atoms. The van der Waals surface area contributed by atoms with Crippen molar-refractivity contribution in [3.8, 4) is 118 Å². The standard InChI is InChI=1S/C43H33BNO9P/c1-3-4-5-6-7-8-9-10-11-12-13-14-15-16-17-18-19-22-28-33-40(46)45-34-29-23-20-21-27-32-38-41(54-55(48,49)50-2)39(53-42(38)44)36-52-43(47)51-35-37-30-25-24-26-31-37/h21,24-27,30-31,38-39,41-42H,20,23,29,32,34-36H2,1-2H3,(H,45,46)(H,48,49)/b27-21+/t38-,39+,41?,42+/m0/s1. The van der Waals surface area contributed by atoms with Gasteiger partial charge in [0, 0.05) is 43.3 Å². The minimum Gasteiger partial charge on any atom is -0.431 e. The molecular formula is C43H33BNO9P. The van der Waals surface area contributed by atoms with Gasteiger partial charge in [-0.1, -0.05) is 48.4 Å². The Morgan fingerprint density at radius 2 is 1.40 bits per heavy atom. The molecule has 12 heteroatoms. The van der Waals surface area contributed by atoms with Crippen LogP contribution >= 0.6 is 7.82 Å². The van der Waals surface area contributed by atoms with E-state index in [-0.39, 0.29) is 13.2 Å². The predicted octanol–water partition coefficient (Wildman–Crippen LogP) is 3.27. The van der Waals surface area contributed by atoms with E-state index in [9.17, 15) is 19.0 Å². The summed E-state index contributed by atoms with van der Waals surface area (Å²) < 4.78 is 38.2. The van der Waals surface area contributed by atoms with E-state index in [1.54, 1.807) is 19.1 Å². The Morgan fingerprint density at radius 3 is 1.96 bits per heavy atom. The van der Waals surface area contributed by atoms with E-state index in [1.807, 2.05) is 30.4 Å². The molecule has 1 aliphatic heterocycles. The smallest absolute Gasteiger partial charge is 0.431 e. The van der Waals surface area contributed by atoms with Crippen LogP contribution in [0.5, 0.6) is 0 Å². The molecule has 0 saturated carbocycles. The molecule has 1 aromatic rings. The van der Waals surface area contributed by atoms with E-state index >= 15 is 0 Å². The summed E-state index contributed by atoms with van der Waals surface area (Å²) in [6, 6.07) is 8.18. The highest BCUT2D eigenvalue weighted by Crippen LogP contribution is 2.48. The van der Waals surface area contributed by atoms with Crippen LogP contribution in [0.1, 0.15) is 38.2 Å². The number of phosphoric ester groups is 1. The quantitative estimate of drug-likeness (QED) is 0.0736. The van der Waals surface area contributed by atoms with Crippen LogP contribution in [0.4, 0.5) is 4.79 Å². The lowest BCUT2D eigenvalue weighted by molar-refractivity contribution is -0.115. The van der Waals surface area contributed by atoms with Gasteiger partial charge in [-0.05, 0) is 133 Å². The maximum atomic E-state index is 12.3. The monoisotopic (exact) mass is 749 g/mol. The summed E-state index contributed by atoms with van der Waals surface area (Å²) >= 11 is 0. The van der Waals surface area contributed by atoms with Crippen molar-refractivity contribution in [3.05, 3.63) is 48.0 Å². The zero-order chi connectivity index (χ0) is 39.8. The molecule has 2 rings (SSSR count). The van der Waals surface area contributed by atoms with Crippen LogP contribution in [0, 0.1) is 124 Å².